The number of nitrogens with zero attached hydrogens (tertiary/aromatic N) is 1. The van der Waals surface area contributed by atoms with Crippen LogP contribution in [0, 0.1) is 5.41 Å². The number of ether oxygens (including phenoxy) is 4. The molecule has 0 aliphatic carbocycles. The molecule has 2 aromatic carbocycles. The Balaban J connectivity index is 1.19. The second kappa shape index (κ2) is 10.7. The summed E-state index contributed by atoms with van der Waals surface area (Å²) in [5, 5.41) is 6.02. The zero-order valence-electron chi connectivity index (χ0n) is 22.3. The Morgan fingerprint density at radius 3 is 2.66 bits per heavy atom. The van der Waals surface area contributed by atoms with Crippen molar-refractivity contribution >= 4 is 17.9 Å². The fraction of sp³-hybridized carbons (Fsp3) is 0.517. The molecule has 2 N–H and O–H groups in total. The van der Waals surface area contributed by atoms with Gasteiger partial charge < -0.3 is 34.5 Å². The van der Waals surface area contributed by atoms with Crippen molar-refractivity contribution < 1.29 is 28.5 Å². The number of carbonyl (C=O) groups is 2. The first kappa shape index (κ1) is 26.2. The van der Waals surface area contributed by atoms with Gasteiger partial charge in [0.1, 0.15) is 24.6 Å². The van der Waals surface area contributed by atoms with Gasteiger partial charge >= 0.3 is 12.2 Å². The number of fused-ring (bicyclic) bond motifs is 1. The van der Waals surface area contributed by atoms with E-state index < -0.39 is 17.8 Å². The topological polar surface area (TPSA) is 98.4 Å². The van der Waals surface area contributed by atoms with E-state index in [1.165, 1.54) is 0 Å². The van der Waals surface area contributed by atoms with E-state index in [4.69, 9.17) is 18.9 Å². The lowest BCUT2D eigenvalue weighted by atomic mass is 9.82. The van der Waals surface area contributed by atoms with Crippen LogP contribution in [-0.2, 0) is 27.2 Å². The molecule has 2 unspecified atom stereocenters. The van der Waals surface area contributed by atoms with Gasteiger partial charge in [-0.25, -0.2) is 9.59 Å². The van der Waals surface area contributed by atoms with Crippen LogP contribution in [0.2, 0.25) is 0 Å². The van der Waals surface area contributed by atoms with Gasteiger partial charge in [-0.05, 0) is 50.8 Å². The fourth-order valence-corrected chi connectivity index (χ4v) is 5.42. The molecule has 5 rings (SSSR count). The summed E-state index contributed by atoms with van der Waals surface area (Å²) in [6, 6.07) is 15.5. The Kier molecular flexibility index (Phi) is 7.38. The molecule has 1 spiro atoms. The van der Waals surface area contributed by atoms with Crippen LogP contribution in [0.4, 0.5) is 15.3 Å². The van der Waals surface area contributed by atoms with Crippen molar-refractivity contribution in [1.82, 2.24) is 10.6 Å². The Morgan fingerprint density at radius 1 is 1.11 bits per heavy atom. The van der Waals surface area contributed by atoms with Gasteiger partial charge in [-0.1, -0.05) is 36.4 Å². The van der Waals surface area contributed by atoms with Gasteiger partial charge in [0, 0.05) is 36.9 Å². The van der Waals surface area contributed by atoms with E-state index in [-0.39, 0.29) is 24.1 Å². The van der Waals surface area contributed by atoms with Crippen LogP contribution in [-0.4, -0.2) is 62.8 Å². The van der Waals surface area contributed by atoms with Crippen molar-refractivity contribution in [1.29, 1.82) is 0 Å². The molecular formula is C29H37N3O6. The predicted molar refractivity (Wildman–Crippen MR) is 142 cm³/mol. The average molecular weight is 524 g/mol. The van der Waals surface area contributed by atoms with E-state index in [0.29, 0.717) is 32.8 Å². The molecule has 9 heteroatoms. The molecule has 204 valence electrons. The number of hydrogen-bond donors (Lipinski definition) is 2. The fourth-order valence-electron chi connectivity index (χ4n) is 5.42. The van der Waals surface area contributed by atoms with E-state index in [1.807, 2.05) is 51.1 Å². The Labute approximate surface area is 223 Å². The van der Waals surface area contributed by atoms with Crippen LogP contribution >= 0.6 is 0 Å². The molecule has 0 aromatic heterocycles. The molecular weight excluding hydrogens is 486 g/mol. The highest BCUT2D eigenvalue weighted by atomic mass is 16.6. The molecule has 3 atom stereocenters. The summed E-state index contributed by atoms with van der Waals surface area (Å²) >= 11 is 0. The predicted octanol–water partition coefficient (Wildman–Crippen LogP) is 4.04. The first-order chi connectivity index (χ1) is 18.2. The minimum atomic E-state index is -0.553. The summed E-state index contributed by atoms with van der Waals surface area (Å²) < 4.78 is 22.7. The van der Waals surface area contributed by atoms with Gasteiger partial charge in [0.15, 0.2) is 0 Å². The van der Waals surface area contributed by atoms with E-state index in [9.17, 15) is 9.59 Å². The zero-order valence-corrected chi connectivity index (χ0v) is 22.3. The normalized spacial score (nSPS) is 24.4. The van der Waals surface area contributed by atoms with E-state index in [0.717, 1.165) is 35.5 Å². The second-order valence-corrected chi connectivity index (χ2v) is 11.5. The number of anilines is 1. The summed E-state index contributed by atoms with van der Waals surface area (Å²) in [6.45, 7) is 8.94. The number of benzene rings is 2. The third kappa shape index (κ3) is 6.15. The third-order valence-corrected chi connectivity index (χ3v) is 7.33. The molecule has 0 saturated carbocycles. The van der Waals surface area contributed by atoms with Gasteiger partial charge in [0.25, 0.3) is 0 Å². The van der Waals surface area contributed by atoms with Crippen molar-refractivity contribution in [3.8, 4) is 5.75 Å². The lowest BCUT2D eigenvalue weighted by Gasteiger charge is -2.30. The van der Waals surface area contributed by atoms with Crippen LogP contribution in [0.3, 0.4) is 0 Å². The molecule has 3 heterocycles. The minimum Gasteiger partial charge on any atom is -0.491 e. The minimum absolute atomic E-state index is 0.0766. The first-order valence-corrected chi connectivity index (χ1v) is 13.2. The summed E-state index contributed by atoms with van der Waals surface area (Å²) in [5.74, 6) is 0.818. The molecule has 0 radical (unpaired) electrons. The lowest BCUT2D eigenvalue weighted by Crippen LogP contribution is -2.49. The number of rotatable bonds is 5. The van der Waals surface area contributed by atoms with Gasteiger partial charge in [-0.3, -0.25) is 0 Å². The van der Waals surface area contributed by atoms with Crippen molar-refractivity contribution in [2.24, 2.45) is 5.41 Å². The Morgan fingerprint density at radius 2 is 1.92 bits per heavy atom. The molecule has 3 aliphatic heterocycles. The number of amides is 2. The summed E-state index contributed by atoms with van der Waals surface area (Å²) in [4.78, 5) is 27.1. The molecule has 2 saturated heterocycles. The van der Waals surface area contributed by atoms with Crippen molar-refractivity contribution in [2.75, 3.05) is 37.8 Å². The SMILES string of the molecule is CC(C)(C)OC(=O)NC1CN(c2ccc3c(c2)OC[C@H](NC(=O)OCc2ccccc2)C3)CC12CCOC2. The maximum atomic E-state index is 12.6. The van der Waals surface area contributed by atoms with Crippen LogP contribution in [0.25, 0.3) is 0 Å². The maximum absolute atomic E-state index is 12.6. The van der Waals surface area contributed by atoms with Crippen LogP contribution in [0.1, 0.15) is 38.3 Å². The molecule has 38 heavy (non-hydrogen) atoms. The average Bonchev–Trinajstić information content (AvgIpc) is 3.49. The van der Waals surface area contributed by atoms with Gasteiger partial charge in [-0.15, -0.1) is 0 Å². The largest absolute Gasteiger partial charge is 0.491 e. The zero-order chi connectivity index (χ0) is 26.8. The van der Waals surface area contributed by atoms with Crippen molar-refractivity contribution in [2.45, 2.75) is 57.9 Å². The van der Waals surface area contributed by atoms with Crippen LogP contribution in [0.15, 0.2) is 48.5 Å². The second-order valence-electron chi connectivity index (χ2n) is 11.5. The first-order valence-electron chi connectivity index (χ1n) is 13.2. The summed E-state index contributed by atoms with van der Waals surface area (Å²) in [6.07, 6.45) is 0.702. The summed E-state index contributed by atoms with van der Waals surface area (Å²) in [5.41, 5.74) is 2.31. The molecule has 2 aromatic rings. The van der Waals surface area contributed by atoms with Gasteiger partial charge in [0.05, 0.1) is 18.7 Å². The van der Waals surface area contributed by atoms with E-state index in [1.54, 1.807) is 0 Å². The van der Waals surface area contributed by atoms with Crippen LogP contribution in [0.5, 0.6) is 5.75 Å². The van der Waals surface area contributed by atoms with Gasteiger partial charge in [-0.2, -0.15) is 0 Å². The summed E-state index contributed by atoms with van der Waals surface area (Å²) in [7, 11) is 0. The van der Waals surface area contributed by atoms with Crippen molar-refractivity contribution in [3.63, 3.8) is 0 Å². The molecule has 3 aliphatic rings. The van der Waals surface area contributed by atoms with Crippen molar-refractivity contribution in [3.05, 3.63) is 59.7 Å². The lowest BCUT2D eigenvalue weighted by molar-refractivity contribution is 0.0461. The van der Waals surface area contributed by atoms with E-state index in [2.05, 4.69) is 33.7 Å². The quantitative estimate of drug-likeness (QED) is 0.611. The standard InChI is InChI=1S/C29H37N3O6/c1-28(2,3)38-27(34)31-25-15-32(18-29(25)11-12-35-19-29)23-10-9-21-13-22(17-36-24(21)14-23)30-26(33)37-16-20-7-5-4-6-8-20/h4-10,14,22,25H,11-13,15-19H2,1-3H3,(H,30,33)(H,31,34)/t22-,25?,29?/m1/s1. The Hall–Kier alpha value is -3.46. The molecule has 9 nitrogen and oxygen atoms in total. The number of hydrogen-bond acceptors (Lipinski definition) is 7. The maximum Gasteiger partial charge on any atom is 0.407 e. The number of alkyl carbamates (subject to hydrolysis) is 2. The highest BCUT2D eigenvalue weighted by Crippen LogP contribution is 2.41. The molecule has 2 amide bonds. The number of nitrogens with one attached hydrogen (secondary N) is 2. The highest BCUT2D eigenvalue weighted by Gasteiger charge is 2.50. The molecule has 2 fully saturated rings. The number of carbonyl (C=O) groups excluding carboxylic acids is 2. The Bertz CT molecular complexity index is 1140. The highest BCUT2D eigenvalue weighted by molar-refractivity contribution is 5.69. The smallest absolute Gasteiger partial charge is 0.407 e. The van der Waals surface area contributed by atoms with E-state index >= 15 is 0 Å². The van der Waals surface area contributed by atoms with Crippen LogP contribution < -0.4 is 20.3 Å². The monoisotopic (exact) mass is 523 g/mol. The molecule has 0 bridgehead atoms. The van der Waals surface area contributed by atoms with Gasteiger partial charge in [0.2, 0.25) is 0 Å². The third-order valence-electron chi connectivity index (χ3n) is 7.33.